The SMILES string of the molecule is COc1cc2nc(Cl)ccc2cc1N. The van der Waals surface area contributed by atoms with Crippen molar-refractivity contribution < 1.29 is 4.74 Å². The Morgan fingerprint density at radius 2 is 2.14 bits per heavy atom. The number of aromatic nitrogens is 1. The molecule has 0 saturated carbocycles. The van der Waals surface area contributed by atoms with Gasteiger partial charge in [-0.2, -0.15) is 0 Å². The fraction of sp³-hybridized carbons (Fsp3) is 0.100. The Labute approximate surface area is 86.5 Å². The molecule has 14 heavy (non-hydrogen) atoms. The first kappa shape index (κ1) is 9.09. The number of ether oxygens (including phenoxy) is 1. The molecule has 0 fully saturated rings. The van der Waals surface area contributed by atoms with Crippen molar-refractivity contribution in [3.05, 3.63) is 29.4 Å². The molecular weight excluding hydrogens is 200 g/mol. The zero-order valence-corrected chi connectivity index (χ0v) is 8.38. The van der Waals surface area contributed by atoms with Crippen molar-refractivity contribution in [1.29, 1.82) is 0 Å². The molecule has 0 aliphatic heterocycles. The average Bonchev–Trinajstić information content (AvgIpc) is 2.17. The van der Waals surface area contributed by atoms with Crippen LogP contribution < -0.4 is 10.5 Å². The topological polar surface area (TPSA) is 48.1 Å². The van der Waals surface area contributed by atoms with E-state index in [9.17, 15) is 0 Å². The van der Waals surface area contributed by atoms with Gasteiger partial charge in [0.25, 0.3) is 0 Å². The van der Waals surface area contributed by atoms with Crippen molar-refractivity contribution in [2.45, 2.75) is 0 Å². The zero-order chi connectivity index (χ0) is 10.1. The summed E-state index contributed by atoms with van der Waals surface area (Å²) in [4.78, 5) is 4.16. The molecule has 0 atom stereocenters. The van der Waals surface area contributed by atoms with E-state index < -0.39 is 0 Å². The first-order chi connectivity index (χ1) is 6.70. The van der Waals surface area contributed by atoms with Gasteiger partial charge in [-0.05, 0) is 18.2 Å². The van der Waals surface area contributed by atoms with E-state index in [1.807, 2.05) is 12.1 Å². The van der Waals surface area contributed by atoms with Gasteiger partial charge in [0, 0.05) is 11.5 Å². The predicted molar refractivity (Wildman–Crippen MR) is 57.7 cm³/mol. The minimum Gasteiger partial charge on any atom is -0.495 e. The summed E-state index contributed by atoms with van der Waals surface area (Å²) in [5.74, 6) is 0.618. The third kappa shape index (κ3) is 1.46. The fourth-order valence-electron chi connectivity index (χ4n) is 1.32. The van der Waals surface area contributed by atoms with Gasteiger partial charge in [-0.15, -0.1) is 0 Å². The molecule has 1 aromatic carbocycles. The summed E-state index contributed by atoms with van der Waals surface area (Å²) >= 11 is 5.77. The summed E-state index contributed by atoms with van der Waals surface area (Å²) < 4.78 is 5.08. The number of nitrogen functional groups attached to an aromatic ring is 1. The van der Waals surface area contributed by atoms with Gasteiger partial charge >= 0.3 is 0 Å². The number of halogens is 1. The molecule has 72 valence electrons. The highest BCUT2D eigenvalue weighted by Gasteiger charge is 2.03. The summed E-state index contributed by atoms with van der Waals surface area (Å²) in [6.45, 7) is 0. The highest BCUT2D eigenvalue weighted by atomic mass is 35.5. The van der Waals surface area contributed by atoms with E-state index in [4.69, 9.17) is 22.1 Å². The van der Waals surface area contributed by atoms with E-state index in [1.54, 1.807) is 19.2 Å². The van der Waals surface area contributed by atoms with Gasteiger partial charge in [-0.25, -0.2) is 4.98 Å². The lowest BCUT2D eigenvalue weighted by Crippen LogP contribution is -1.92. The van der Waals surface area contributed by atoms with Gasteiger partial charge in [0.1, 0.15) is 10.9 Å². The first-order valence-corrected chi connectivity index (χ1v) is 4.48. The first-order valence-electron chi connectivity index (χ1n) is 4.10. The van der Waals surface area contributed by atoms with Crippen LogP contribution in [0.1, 0.15) is 0 Å². The number of fused-ring (bicyclic) bond motifs is 1. The molecule has 0 spiro atoms. The summed E-state index contributed by atoms with van der Waals surface area (Å²) in [6.07, 6.45) is 0. The van der Waals surface area contributed by atoms with Crippen LogP contribution >= 0.6 is 11.6 Å². The van der Waals surface area contributed by atoms with Crippen LogP contribution in [0.15, 0.2) is 24.3 Å². The molecule has 0 aliphatic carbocycles. The molecule has 3 nitrogen and oxygen atoms in total. The van der Waals surface area contributed by atoms with Crippen LogP contribution in [-0.4, -0.2) is 12.1 Å². The molecule has 0 aliphatic rings. The minimum atomic E-state index is 0.462. The van der Waals surface area contributed by atoms with Crippen LogP contribution in [0.4, 0.5) is 5.69 Å². The number of benzene rings is 1. The van der Waals surface area contributed by atoms with Crippen LogP contribution in [-0.2, 0) is 0 Å². The van der Waals surface area contributed by atoms with E-state index in [1.165, 1.54) is 0 Å². The van der Waals surface area contributed by atoms with E-state index in [2.05, 4.69) is 4.98 Å². The largest absolute Gasteiger partial charge is 0.495 e. The van der Waals surface area contributed by atoms with Crippen LogP contribution in [0.3, 0.4) is 0 Å². The van der Waals surface area contributed by atoms with Gasteiger partial charge in [0.05, 0.1) is 18.3 Å². The Morgan fingerprint density at radius 1 is 1.36 bits per heavy atom. The number of rotatable bonds is 1. The van der Waals surface area contributed by atoms with Gasteiger partial charge in [0.2, 0.25) is 0 Å². The maximum absolute atomic E-state index is 5.77. The molecule has 0 radical (unpaired) electrons. The zero-order valence-electron chi connectivity index (χ0n) is 7.62. The van der Waals surface area contributed by atoms with E-state index in [0.29, 0.717) is 16.6 Å². The molecule has 1 aromatic heterocycles. The summed E-state index contributed by atoms with van der Waals surface area (Å²) in [7, 11) is 1.57. The molecule has 2 N–H and O–H groups in total. The Bertz CT molecular complexity index is 485. The predicted octanol–water partition coefficient (Wildman–Crippen LogP) is 2.48. The minimum absolute atomic E-state index is 0.462. The van der Waals surface area contributed by atoms with Crippen LogP contribution in [0.5, 0.6) is 5.75 Å². The van der Waals surface area contributed by atoms with Crippen molar-refractivity contribution in [3.63, 3.8) is 0 Å². The van der Waals surface area contributed by atoms with E-state index in [0.717, 1.165) is 10.9 Å². The average molecular weight is 209 g/mol. The Hall–Kier alpha value is -1.48. The number of hydrogen-bond donors (Lipinski definition) is 1. The van der Waals surface area contributed by atoms with E-state index in [-0.39, 0.29) is 0 Å². The second-order valence-electron chi connectivity index (χ2n) is 2.92. The number of pyridine rings is 1. The molecule has 2 aromatic rings. The van der Waals surface area contributed by atoms with Crippen molar-refractivity contribution in [2.24, 2.45) is 0 Å². The lowest BCUT2D eigenvalue weighted by molar-refractivity contribution is 0.417. The van der Waals surface area contributed by atoms with Crippen molar-refractivity contribution >= 4 is 28.2 Å². The molecular formula is C10H9ClN2O. The third-order valence-corrected chi connectivity index (χ3v) is 2.22. The second-order valence-corrected chi connectivity index (χ2v) is 3.31. The van der Waals surface area contributed by atoms with Crippen LogP contribution in [0, 0.1) is 0 Å². The van der Waals surface area contributed by atoms with Crippen LogP contribution in [0.25, 0.3) is 10.9 Å². The summed E-state index contributed by atoms with van der Waals surface area (Å²) in [6, 6.07) is 7.20. The van der Waals surface area contributed by atoms with Crippen molar-refractivity contribution in [3.8, 4) is 5.75 Å². The molecule has 1 heterocycles. The lowest BCUT2D eigenvalue weighted by atomic mass is 10.2. The monoisotopic (exact) mass is 208 g/mol. The van der Waals surface area contributed by atoms with Crippen molar-refractivity contribution in [1.82, 2.24) is 4.98 Å². The molecule has 0 amide bonds. The van der Waals surface area contributed by atoms with Gasteiger partial charge in [-0.3, -0.25) is 0 Å². The summed E-state index contributed by atoms with van der Waals surface area (Å²) in [5, 5.41) is 1.41. The Morgan fingerprint density at radius 3 is 2.86 bits per heavy atom. The molecule has 4 heteroatoms. The van der Waals surface area contributed by atoms with Gasteiger partial charge in [0.15, 0.2) is 0 Å². The summed E-state index contributed by atoms with van der Waals surface area (Å²) in [5.41, 5.74) is 7.13. The second kappa shape index (κ2) is 3.35. The van der Waals surface area contributed by atoms with Crippen molar-refractivity contribution in [2.75, 3.05) is 12.8 Å². The van der Waals surface area contributed by atoms with Gasteiger partial charge in [-0.1, -0.05) is 11.6 Å². The highest BCUT2D eigenvalue weighted by Crippen LogP contribution is 2.27. The maximum atomic E-state index is 5.77. The quantitative estimate of drug-likeness (QED) is 0.579. The number of hydrogen-bond acceptors (Lipinski definition) is 3. The molecule has 0 bridgehead atoms. The number of methoxy groups -OCH3 is 1. The van der Waals surface area contributed by atoms with Gasteiger partial charge < -0.3 is 10.5 Å². The van der Waals surface area contributed by atoms with E-state index >= 15 is 0 Å². The number of anilines is 1. The number of nitrogens with two attached hydrogens (primary N) is 1. The lowest BCUT2D eigenvalue weighted by Gasteiger charge is -2.05. The normalized spacial score (nSPS) is 10.4. The third-order valence-electron chi connectivity index (χ3n) is 2.01. The maximum Gasteiger partial charge on any atom is 0.143 e. The molecule has 0 unspecified atom stereocenters. The van der Waals surface area contributed by atoms with Crippen LogP contribution in [0.2, 0.25) is 5.15 Å². The Kier molecular flexibility index (Phi) is 2.17. The Balaban J connectivity index is 2.73. The standard InChI is InChI=1S/C10H9ClN2O/c1-14-9-5-8-6(4-7(9)12)2-3-10(11)13-8/h2-5H,12H2,1H3. The number of nitrogens with zero attached hydrogens (tertiary/aromatic N) is 1. The fourth-order valence-corrected chi connectivity index (χ4v) is 1.48. The molecule has 2 rings (SSSR count). The highest BCUT2D eigenvalue weighted by molar-refractivity contribution is 6.29. The molecule has 0 saturated heterocycles. The smallest absolute Gasteiger partial charge is 0.143 e.